The Kier molecular flexibility index (Phi) is 7.03. The van der Waals surface area contributed by atoms with Gasteiger partial charge in [-0.25, -0.2) is 0 Å². The Balaban J connectivity index is 1.71. The van der Waals surface area contributed by atoms with E-state index in [1.165, 1.54) is 11.3 Å². The Morgan fingerprint density at radius 2 is 1.69 bits per heavy atom. The first kappa shape index (κ1) is 20.6. The molecule has 0 fully saturated rings. The second kappa shape index (κ2) is 9.89. The van der Waals surface area contributed by atoms with Gasteiger partial charge in [0.25, 0.3) is 5.91 Å². The quantitative estimate of drug-likeness (QED) is 0.576. The van der Waals surface area contributed by atoms with Gasteiger partial charge in [0.1, 0.15) is 11.8 Å². The third-order valence-electron chi connectivity index (χ3n) is 4.14. The summed E-state index contributed by atoms with van der Waals surface area (Å²) in [5, 5.41) is 7.58. The van der Waals surface area contributed by atoms with Gasteiger partial charge in [0, 0.05) is 12.1 Å². The number of benzene rings is 2. The molecule has 3 aromatic rings. The fraction of sp³-hybridized carbons (Fsp3) is 0.217. The summed E-state index contributed by atoms with van der Waals surface area (Å²) in [6.07, 6.45) is 0.483. The van der Waals surface area contributed by atoms with E-state index in [0.717, 1.165) is 11.3 Å². The fourth-order valence-corrected chi connectivity index (χ4v) is 3.44. The van der Waals surface area contributed by atoms with Gasteiger partial charge in [-0.1, -0.05) is 36.4 Å². The summed E-state index contributed by atoms with van der Waals surface area (Å²) in [6.45, 7) is 3.92. The Morgan fingerprint density at radius 1 is 0.966 bits per heavy atom. The highest BCUT2D eigenvalue weighted by atomic mass is 32.1. The van der Waals surface area contributed by atoms with Crippen LogP contribution in [0, 0.1) is 0 Å². The normalized spacial score (nSPS) is 11.7. The highest BCUT2D eigenvalue weighted by Crippen LogP contribution is 2.18. The Morgan fingerprint density at radius 3 is 2.31 bits per heavy atom. The van der Waals surface area contributed by atoms with Gasteiger partial charge in [0.05, 0.1) is 11.0 Å². The van der Waals surface area contributed by atoms with Crippen LogP contribution in [0.25, 0.3) is 0 Å². The Hall–Kier alpha value is -3.12. The standard InChI is InChI=1S/C23H24N2O3S/c1-16(2)28-19-12-10-18(11-13-19)24-22(26)20(15-17-7-4-3-5-8-17)25-23(27)21-9-6-14-29-21/h3-14,16,20H,15H2,1-2H3,(H,24,26)(H,25,27). The zero-order valence-electron chi connectivity index (χ0n) is 16.4. The molecule has 2 amide bonds. The van der Waals surface area contributed by atoms with E-state index in [-0.39, 0.29) is 17.9 Å². The molecule has 1 unspecified atom stereocenters. The number of rotatable bonds is 8. The van der Waals surface area contributed by atoms with E-state index < -0.39 is 6.04 Å². The van der Waals surface area contributed by atoms with Crippen LogP contribution in [0.1, 0.15) is 29.1 Å². The molecule has 1 heterocycles. The van der Waals surface area contributed by atoms with Crippen molar-refractivity contribution < 1.29 is 14.3 Å². The SMILES string of the molecule is CC(C)Oc1ccc(NC(=O)C(Cc2ccccc2)NC(=O)c2cccs2)cc1. The van der Waals surface area contributed by atoms with Crippen molar-refractivity contribution >= 4 is 28.8 Å². The number of thiophene rings is 1. The van der Waals surface area contributed by atoms with E-state index in [1.54, 1.807) is 18.2 Å². The van der Waals surface area contributed by atoms with Crippen LogP contribution in [-0.2, 0) is 11.2 Å². The molecule has 0 aliphatic heterocycles. The summed E-state index contributed by atoms with van der Waals surface area (Å²) in [5.74, 6) is 0.220. The van der Waals surface area contributed by atoms with Crippen LogP contribution in [0.5, 0.6) is 5.75 Å². The van der Waals surface area contributed by atoms with Crippen molar-refractivity contribution in [2.45, 2.75) is 32.4 Å². The summed E-state index contributed by atoms with van der Waals surface area (Å²) in [4.78, 5) is 26.0. The van der Waals surface area contributed by atoms with Gasteiger partial charge in [0.2, 0.25) is 5.91 Å². The van der Waals surface area contributed by atoms with Crippen LogP contribution in [0.3, 0.4) is 0 Å². The molecule has 2 N–H and O–H groups in total. The van der Waals surface area contributed by atoms with Gasteiger partial charge in [-0.3, -0.25) is 9.59 Å². The monoisotopic (exact) mass is 408 g/mol. The molecule has 0 bridgehead atoms. The topological polar surface area (TPSA) is 67.4 Å². The van der Waals surface area contributed by atoms with E-state index in [2.05, 4.69) is 10.6 Å². The van der Waals surface area contributed by atoms with Crippen LogP contribution < -0.4 is 15.4 Å². The third-order valence-corrected chi connectivity index (χ3v) is 5.01. The molecule has 3 rings (SSSR count). The van der Waals surface area contributed by atoms with Gasteiger partial charge < -0.3 is 15.4 Å². The number of hydrogen-bond acceptors (Lipinski definition) is 4. The van der Waals surface area contributed by atoms with Crippen molar-refractivity contribution in [3.8, 4) is 5.75 Å². The fourth-order valence-electron chi connectivity index (χ4n) is 2.81. The Bertz CT molecular complexity index is 923. The molecule has 0 aliphatic rings. The maximum absolute atomic E-state index is 12.9. The van der Waals surface area contributed by atoms with Gasteiger partial charge in [-0.15, -0.1) is 11.3 Å². The van der Waals surface area contributed by atoms with Crippen molar-refractivity contribution in [2.75, 3.05) is 5.32 Å². The molecule has 5 nitrogen and oxygen atoms in total. The number of amides is 2. The smallest absolute Gasteiger partial charge is 0.262 e. The van der Waals surface area contributed by atoms with Gasteiger partial charge in [0.15, 0.2) is 0 Å². The zero-order valence-corrected chi connectivity index (χ0v) is 17.2. The molecule has 0 aliphatic carbocycles. The number of anilines is 1. The Labute approximate surface area is 174 Å². The van der Waals surface area contributed by atoms with Crippen LogP contribution in [0.4, 0.5) is 5.69 Å². The predicted octanol–water partition coefficient (Wildman–Crippen LogP) is 4.52. The van der Waals surface area contributed by atoms with Crippen molar-refractivity contribution in [1.29, 1.82) is 0 Å². The molecule has 0 saturated heterocycles. The zero-order chi connectivity index (χ0) is 20.6. The van der Waals surface area contributed by atoms with Crippen LogP contribution in [0.15, 0.2) is 72.1 Å². The molecular formula is C23H24N2O3S. The van der Waals surface area contributed by atoms with E-state index in [4.69, 9.17) is 4.74 Å². The summed E-state index contributed by atoms with van der Waals surface area (Å²) in [7, 11) is 0. The number of hydrogen-bond donors (Lipinski definition) is 2. The first-order valence-electron chi connectivity index (χ1n) is 9.47. The molecule has 2 aromatic carbocycles. The highest BCUT2D eigenvalue weighted by Gasteiger charge is 2.22. The second-order valence-corrected chi connectivity index (χ2v) is 7.82. The first-order chi connectivity index (χ1) is 14.0. The third kappa shape index (κ3) is 6.19. The lowest BCUT2D eigenvalue weighted by atomic mass is 10.0. The van der Waals surface area contributed by atoms with Crippen molar-refractivity contribution in [3.05, 3.63) is 82.6 Å². The maximum atomic E-state index is 12.9. The van der Waals surface area contributed by atoms with Crippen LogP contribution >= 0.6 is 11.3 Å². The second-order valence-electron chi connectivity index (χ2n) is 6.87. The van der Waals surface area contributed by atoms with E-state index >= 15 is 0 Å². The lowest BCUT2D eigenvalue weighted by molar-refractivity contribution is -0.118. The number of carbonyl (C=O) groups is 2. The van der Waals surface area contributed by atoms with Gasteiger partial charge >= 0.3 is 0 Å². The number of carbonyl (C=O) groups excluding carboxylic acids is 2. The lowest BCUT2D eigenvalue weighted by Crippen LogP contribution is -2.45. The molecule has 29 heavy (non-hydrogen) atoms. The van der Waals surface area contributed by atoms with Crippen molar-refractivity contribution in [2.24, 2.45) is 0 Å². The molecule has 1 aromatic heterocycles. The average molecular weight is 409 g/mol. The molecule has 6 heteroatoms. The molecule has 0 saturated carbocycles. The average Bonchev–Trinajstić information content (AvgIpc) is 3.24. The molecular weight excluding hydrogens is 384 g/mol. The number of nitrogens with one attached hydrogen (secondary N) is 2. The molecule has 150 valence electrons. The highest BCUT2D eigenvalue weighted by molar-refractivity contribution is 7.12. The summed E-state index contributed by atoms with van der Waals surface area (Å²) in [6, 6.07) is 19.7. The van der Waals surface area contributed by atoms with E-state index in [0.29, 0.717) is 17.0 Å². The summed E-state index contributed by atoms with van der Waals surface area (Å²) in [5.41, 5.74) is 1.62. The summed E-state index contributed by atoms with van der Waals surface area (Å²) >= 11 is 1.34. The number of ether oxygens (including phenoxy) is 1. The lowest BCUT2D eigenvalue weighted by Gasteiger charge is -2.19. The van der Waals surface area contributed by atoms with Crippen LogP contribution in [-0.4, -0.2) is 24.0 Å². The maximum Gasteiger partial charge on any atom is 0.262 e. The minimum absolute atomic E-state index is 0.0816. The molecule has 0 radical (unpaired) electrons. The molecule has 1 atom stereocenters. The van der Waals surface area contributed by atoms with Crippen molar-refractivity contribution in [3.63, 3.8) is 0 Å². The molecule has 0 spiro atoms. The van der Waals surface area contributed by atoms with Gasteiger partial charge in [-0.2, -0.15) is 0 Å². The van der Waals surface area contributed by atoms with Crippen molar-refractivity contribution in [1.82, 2.24) is 5.32 Å². The minimum atomic E-state index is -0.696. The minimum Gasteiger partial charge on any atom is -0.491 e. The van der Waals surface area contributed by atoms with E-state index in [9.17, 15) is 9.59 Å². The first-order valence-corrected chi connectivity index (χ1v) is 10.3. The van der Waals surface area contributed by atoms with Gasteiger partial charge in [-0.05, 0) is 55.1 Å². The predicted molar refractivity (Wildman–Crippen MR) is 117 cm³/mol. The largest absolute Gasteiger partial charge is 0.491 e. The van der Waals surface area contributed by atoms with E-state index in [1.807, 2.05) is 67.8 Å². The summed E-state index contributed by atoms with van der Waals surface area (Å²) < 4.78 is 5.63. The van der Waals surface area contributed by atoms with Crippen LogP contribution in [0.2, 0.25) is 0 Å².